The van der Waals surface area contributed by atoms with E-state index < -0.39 is 29.5 Å². The van der Waals surface area contributed by atoms with Gasteiger partial charge in [-0.25, -0.2) is 4.39 Å². The molecule has 2 aromatic rings. The first-order chi connectivity index (χ1) is 13.4. The first-order valence-corrected chi connectivity index (χ1v) is 9.60. The van der Waals surface area contributed by atoms with Crippen LogP contribution < -0.4 is 5.32 Å². The average molecular weight is 389 g/mol. The van der Waals surface area contributed by atoms with Gasteiger partial charge >= 0.3 is 5.92 Å². The van der Waals surface area contributed by atoms with Crippen molar-refractivity contribution in [3.8, 4) is 5.75 Å². The Bertz CT molecular complexity index is 908. The summed E-state index contributed by atoms with van der Waals surface area (Å²) in [7, 11) is 0. The van der Waals surface area contributed by atoms with Crippen LogP contribution in [0.2, 0.25) is 0 Å². The van der Waals surface area contributed by atoms with Gasteiger partial charge < -0.3 is 10.4 Å². The van der Waals surface area contributed by atoms with E-state index in [-0.39, 0.29) is 17.4 Å². The van der Waals surface area contributed by atoms with E-state index in [9.17, 15) is 23.1 Å². The van der Waals surface area contributed by atoms with Crippen LogP contribution in [0.15, 0.2) is 42.5 Å². The average Bonchev–Trinajstić information content (AvgIpc) is 3.01. The molecule has 4 rings (SSSR count). The van der Waals surface area contributed by atoms with Gasteiger partial charge in [-0.15, -0.1) is 0 Å². The molecule has 0 aromatic heterocycles. The smallest absolute Gasteiger partial charge is 0.303 e. The van der Waals surface area contributed by atoms with E-state index in [4.69, 9.17) is 0 Å². The summed E-state index contributed by atoms with van der Waals surface area (Å²) in [6.45, 7) is -1.84. The number of carbonyl (C=O) groups is 1. The summed E-state index contributed by atoms with van der Waals surface area (Å²) in [5.41, 5.74) is -0.989. The van der Waals surface area contributed by atoms with Gasteiger partial charge in [0, 0.05) is 11.1 Å². The Balaban J connectivity index is 2.01. The molecule has 1 aliphatic carbocycles. The third kappa shape index (κ3) is 2.61. The number of anilines is 1. The second-order valence-corrected chi connectivity index (χ2v) is 7.68. The third-order valence-corrected chi connectivity index (χ3v) is 6.19. The third-order valence-electron chi connectivity index (χ3n) is 6.19. The maximum atomic E-state index is 14.3. The highest BCUT2D eigenvalue weighted by molar-refractivity contribution is 6.10. The van der Waals surface area contributed by atoms with Crippen LogP contribution in [0.25, 0.3) is 0 Å². The molecule has 28 heavy (non-hydrogen) atoms. The lowest BCUT2D eigenvalue weighted by atomic mass is 9.61. The van der Waals surface area contributed by atoms with Gasteiger partial charge in [-0.05, 0) is 30.4 Å². The molecule has 0 radical (unpaired) electrons. The Morgan fingerprint density at radius 3 is 2.39 bits per heavy atom. The van der Waals surface area contributed by atoms with Crippen LogP contribution in [0.3, 0.4) is 0 Å². The number of carbonyl (C=O) groups excluding carboxylic acids is 1. The highest BCUT2D eigenvalue weighted by atomic mass is 19.3. The van der Waals surface area contributed by atoms with E-state index >= 15 is 0 Å². The monoisotopic (exact) mass is 389 g/mol. The van der Waals surface area contributed by atoms with Gasteiger partial charge in [0.1, 0.15) is 11.2 Å². The number of amides is 1. The lowest BCUT2D eigenvalue weighted by molar-refractivity contribution is -0.121. The molecule has 1 heterocycles. The number of phenols is 1. The number of hydrogen-bond donors (Lipinski definition) is 2. The number of phenolic OH excluding ortho intramolecular Hbond substituents is 1. The van der Waals surface area contributed by atoms with Crippen LogP contribution in [0.1, 0.15) is 48.8 Å². The Hall–Kier alpha value is -2.50. The molecular weight excluding hydrogens is 367 g/mol. The summed E-state index contributed by atoms with van der Waals surface area (Å²) in [5.74, 6) is -4.30. The van der Waals surface area contributed by atoms with Crippen molar-refractivity contribution >= 4 is 11.6 Å². The number of benzene rings is 2. The van der Waals surface area contributed by atoms with E-state index in [1.165, 1.54) is 12.1 Å². The lowest BCUT2D eigenvalue weighted by Gasteiger charge is -2.39. The van der Waals surface area contributed by atoms with Crippen LogP contribution in [-0.2, 0) is 16.1 Å². The molecule has 2 aromatic carbocycles. The van der Waals surface area contributed by atoms with Gasteiger partial charge in [0.05, 0.1) is 5.69 Å². The van der Waals surface area contributed by atoms with E-state index in [1.807, 2.05) is 0 Å². The highest BCUT2D eigenvalue weighted by Crippen LogP contribution is 2.55. The van der Waals surface area contributed by atoms with Gasteiger partial charge in [-0.2, -0.15) is 8.78 Å². The molecule has 0 spiro atoms. The van der Waals surface area contributed by atoms with Crippen LogP contribution in [0, 0.1) is 5.92 Å². The van der Waals surface area contributed by atoms with Gasteiger partial charge in [-0.3, -0.25) is 4.79 Å². The molecule has 3 nitrogen and oxygen atoms in total. The summed E-state index contributed by atoms with van der Waals surface area (Å²) >= 11 is 0. The molecule has 1 saturated carbocycles. The van der Waals surface area contributed by atoms with Crippen molar-refractivity contribution < 1.29 is 23.1 Å². The molecule has 2 aliphatic rings. The molecule has 1 unspecified atom stereocenters. The number of rotatable bonds is 4. The predicted molar refractivity (Wildman–Crippen MR) is 100 cm³/mol. The minimum atomic E-state index is -3.69. The summed E-state index contributed by atoms with van der Waals surface area (Å²) in [4.78, 5) is 13.4. The second kappa shape index (κ2) is 6.83. The fraction of sp³-hybridized carbons (Fsp3) is 0.409. The number of halogens is 3. The molecule has 1 amide bonds. The first-order valence-electron chi connectivity index (χ1n) is 9.60. The maximum Gasteiger partial charge on any atom is 0.303 e. The number of aromatic hydroxyl groups is 1. The van der Waals surface area contributed by atoms with Crippen molar-refractivity contribution in [2.24, 2.45) is 5.92 Å². The van der Waals surface area contributed by atoms with Crippen molar-refractivity contribution in [2.75, 3.05) is 12.0 Å². The van der Waals surface area contributed by atoms with Crippen molar-refractivity contribution in [1.29, 1.82) is 0 Å². The van der Waals surface area contributed by atoms with Crippen molar-refractivity contribution in [3.63, 3.8) is 0 Å². The number of fused-ring (bicyclic) bond motifs is 1. The summed E-state index contributed by atoms with van der Waals surface area (Å²) in [6, 6.07) is 10.8. The molecule has 6 heteroatoms. The normalized spacial score (nSPS) is 22.8. The molecule has 148 valence electrons. The van der Waals surface area contributed by atoms with Crippen molar-refractivity contribution in [3.05, 3.63) is 59.2 Å². The summed E-state index contributed by atoms with van der Waals surface area (Å²) in [5, 5.41) is 13.2. The topological polar surface area (TPSA) is 49.3 Å². The highest BCUT2D eigenvalue weighted by Gasteiger charge is 2.56. The SMILES string of the molecule is O=C1Nc2c(C(F)(F)CF)cccc2C1(c1ccccc1O)C1CCCCC1. The van der Waals surface area contributed by atoms with Crippen molar-refractivity contribution in [2.45, 2.75) is 43.4 Å². The predicted octanol–water partition coefficient (Wildman–Crippen LogP) is 5.27. The zero-order valence-corrected chi connectivity index (χ0v) is 15.4. The first kappa shape index (κ1) is 18.8. The number of nitrogens with one attached hydrogen (secondary N) is 1. The Kier molecular flexibility index (Phi) is 4.60. The van der Waals surface area contributed by atoms with Crippen molar-refractivity contribution in [1.82, 2.24) is 0 Å². The fourth-order valence-corrected chi connectivity index (χ4v) is 4.96. The molecule has 0 saturated heterocycles. The van der Waals surface area contributed by atoms with Crippen LogP contribution in [0.4, 0.5) is 18.9 Å². The van der Waals surface area contributed by atoms with E-state index in [0.717, 1.165) is 38.2 Å². The quantitative estimate of drug-likeness (QED) is 0.748. The second-order valence-electron chi connectivity index (χ2n) is 7.68. The number of alkyl halides is 3. The molecule has 2 N–H and O–H groups in total. The Labute approximate surface area is 161 Å². The summed E-state index contributed by atoms with van der Waals surface area (Å²) < 4.78 is 41.6. The maximum absolute atomic E-state index is 14.3. The van der Waals surface area contributed by atoms with Gasteiger partial charge in [0.25, 0.3) is 0 Å². The minimum Gasteiger partial charge on any atom is -0.508 e. The number of para-hydroxylation sites is 2. The van der Waals surface area contributed by atoms with E-state index in [1.54, 1.807) is 24.3 Å². The van der Waals surface area contributed by atoms with Gasteiger partial charge in [0.2, 0.25) is 5.91 Å². The number of hydrogen-bond acceptors (Lipinski definition) is 2. The zero-order chi connectivity index (χ0) is 19.9. The molecule has 1 fully saturated rings. The lowest BCUT2D eigenvalue weighted by Crippen LogP contribution is -2.43. The minimum absolute atomic E-state index is 0.0241. The van der Waals surface area contributed by atoms with Gasteiger partial charge in [0.15, 0.2) is 6.67 Å². The zero-order valence-electron chi connectivity index (χ0n) is 15.4. The summed E-state index contributed by atoms with van der Waals surface area (Å²) in [6.07, 6.45) is 4.43. The van der Waals surface area contributed by atoms with Gasteiger partial charge in [-0.1, -0.05) is 55.7 Å². The molecule has 1 atom stereocenters. The Morgan fingerprint density at radius 1 is 1.04 bits per heavy atom. The largest absolute Gasteiger partial charge is 0.508 e. The van der Waals surface area contributed by atoms with Crippen LogP contribution in [-0.4, -0.2) is 17.7 Å². The standard InChI is InChI=1S/C22H22F3NO2/c23-13-21(24,25)16-10-6-11-17-19(16)26-20(28)22(17,14-7-2-1-3-8-14)15-9-4-5-12-18(15)27/h4-6,9-12,14,27H,1-3,7-8,13H2,(H,26,28). The van der Waals surface area contributed by atoms with Crippen LogP contribution in [0.5, 0.6) is 5.75 Å². The fourth-order valence-electron chi connectivity index (χ4n) is 4.96. The van der Waals surface area contributed by atoms with E-state index in [0.29, 0.717) is 11.1 Å². The van der Waals surface area contributed by atoms with Crippen LogP contribution >= 0.6 is 0 Å². The van der Waals surface area contributed by atoms with E-state index in [2.05, 4.69) is 5.32 Å². The molecule has 0 bridgehead atoms. The molecular formula is C22H22F3NO2. The molecule has 1 aliphatic heterocycles. The Morgan fingerprint density at radius 2 is 1.71 bits per heavy atom.